The first-order valence-corrected chi connectivity index (χ1v) is 7.62. The van der Waals surface area contributed by atoms with Crippen molar-refractivity contribution in [2.45, 2.75) is 26.8 Å². The molecule has 21 heavy (non-hydrogen) atoms. The van der Waals surface area contributed by atoms with Gasteiger partial charge < -0.3 is 15.1 Å². The minimum atomic E-state index is -0.179. The molecule has 2 rings (SSSR count). The molecule has 0 radical (unpaired) electrons. The van der Waals surface area contributed by atoms with Crippen molar-refractivity contribution in [2.24, 2.45) is 0 Å². The molecule has 1 aliphatic heterocycles. The van der Waals surface area contributed by atoms with Crippen molar-refractivity contribution >= 4 is 11.6 Å². The molecule has 1 N–H and O–H groups in total. The van der Waals surface area contributed by atoms with Crippen LogP contribution in [0, 0.1) is 5.82 Å². The molecular weight excluding hydrogens is 269 g/mol. The number of nitrogens with one attached hydrogen (secondary N) is 1. The maximum atomic E-state index is 14.3. The largest absolute Gasteiger partial charge is 0.367 e. The Balaban J connectivity index is 2.18. The number of para-hydroxylation sites is 1. The van der Waals surface area contributed by atoms with Crippen molar-refractivity contribution in [3.05, 3.63) is 29.6 Å². The number of rotatable bonds is 4. The topological polar surface area (TPSA) is 35.6 Å². The number of carbonyl (C=O) groups excluding carboxylic acids is 1. The summed E-state index contributed by atoms with van der Waals surface area (Å²) < 4.78 is 14.3. The first kappa shape index (κ1) is 15.8. The van der Waals surface area contributed by atoms with Gasteiger partial charge in [0, 0.05) is 39.6 Å². The number of hydrogen-bond acceptors (Lipinski definition) is 3. The summed E-state index contributed by atoms with van der Waals surface area (Å²) in [6.07, 6.45) is 0.870. The van der Waals surface area contributed by atoms with E-state index in [1.54, 1.807) is 13.0 Å². The minimum Gasteiger partial charge on any atom is -0.367 e. The number of halogens is 1. The zero-order chi connectivity index (χ0) is 15.2. The Bertz CT molecular complexity index is 492. The molecule has 0 aliphatic carbocycles. The number of hydrogen-bond donors (Lipinski definition) is 1. The van der Waals surface area contributed by atoms with Crippen LogP contribution in [0.5, 0.6) is 0 Å². The fraction of sp³-hybridized carbons (Fsp3) is 0.562. The molecule has 1 aromatic carbocycles. The fourth-order valence-electron chi connectivity index (χ4n) is 2.77. The molecular formula is C16H24FN3O. The van der Waals surface area contributed by atoms with E-state index in [2.05, 4.69) is 10.2 Å². The smallest absolute Gasteiger partial charge is 0.219 e. The monoisotopic (exact) mass is 293 g/mol. The van der Waals surface area contributed by atoms with E-state index < -0.39 is 0 Å². The average Bonchev–Trinajstić information content (AvgIpc) is 2.71. The summed E-state index contributed by atoms with van der Waals surface area (Å²) in [5.41, 5.74) is 1.66. The summed E-state index contributed by atoms with van der Waals surface area (Å²) in [6.45, 7) is 8.02. The summed E-state index contributed by atoms with van der Waals surface area (Å²) in [4.78, 5) is 15.4. The molecule has 4 nitrogen and oxygen atoms in total. The Morgan fingerprint density at radius 2 is 2.10 bits per heavy atom. The number of amides is 1. The van der Waals surface area contributed by atoms with E-state index >= 15 is 0 Å². The summed E-state index contributed by atoms with van der Waals surface area (Å²) in [5.74, 6) is -0.0834. The van der Waals surface area contributed by atoms with E-state index in [0.29, 0.717) is 25.3 Å². The Morgan fingerprint density at radius 3 is 2.81 bits per heavy atom. The van der Waals surface area contributed by atoms with E-state index in [-0.39, 0.29) is 11.7 Å². The number of benzene rings is 1. The second kappa shape index (κ2) is 7.41. The Morgan fingerprint density at radius 1 is 1.29 bits per heavy atom. The van der Waals surface area contributed by atoms with Crippen LogP contribution < -0.4 is 10.2 Å². The predicted molar refractivity (Wildman–Crippen MR) is 82.9 cm³/mol. The highest BCUT2D eigenvalue weighted by Gasteiger charge is 2.20. The normalized spacial score (nSPS) is 16.0. The highest BCUT2D eigenvalue weighted by atomic mass is 19.1. The number of nitrogens with zero attached hydrogens (tertiary/aromatic N) is 2. The molecule has 0 spiro atoms. The van der Waals surface area contributed by atoms with Gasteiger partial charge in [-0.15, -0.1) is 0 Å². The van der Waals surface area contributed by atoms with Crippen LogP contribution >= 0.6 is 0 Å². The summed E-state index contributed by atoms with van der Waals surface area (Å²) in [6, 6.07) is 5.23. The highest BCUT2D eigenvalue weighted by Crippen LogP contribution is 2.25. The van der Waals surface area contributed by atoms with Gasteiger partial charge in [0.05, 0.1) is 5.69 Å². The highest BCUT2D eigenvalue weighted by molar-refractivity contribution is 5.73. The van der Waals surface area contributed by atoms with Gasteiger partial charge in [0.2, 0.25) is 5.91 Å². The number of anilines is 1. The second-order valence-corrected chi connectivity index (χ2v) is 5.37. The molecule has 0 unspecified atom stereocenters. The maximum Gasteiger partial charge on any atom is 0.219 e. The third kappa shape index (κ3) is 3.94. The quantitative estimate of drug-likeness (QED) is 0.922. The zero-order valence-electron chi connectivity index (χ0n) is 12.9. The Labute approximate surface area is 125 Å². The molecule has 0 saturated carbocycles. The van der Waals surface area contributed by atoms with E-state index in [1.165, 1.54) is 6.07 Å². The summed E-state index contributed by atoms with van der Waals surface area (Å²) in [7, 11) is 0. The van der Waals surface area contributed by atoms with Crippen molar-refractivity contribution in [3.63, 3.8) is 0 Å². The lowest BCUT2D eigenvalue weighted by Gasteiger charge is -2.26. The van der Waals surface area contributed by atoms with Gasteiger partial charge in [-0.25, -0.2) is 4.39 Å². The lowest BCUT2D eigenvalue weighted by molar-refractivity contribution is -0.128. The van der Waals surface area contributed by atoms with Crippen LogP contribution in [0.3, 0.4) is 0 Å². The van der Waals surface area contributed by atoms with E-state index in [9.17, 15) is 9.18 Å². The molecule has 0 bridgehead atoms. The Hall–Kier alpha value is -1.62. The van der Waals surface area contributed by atoms with Crippen LogP contribution in [-0.2, 0) is 11.3 Å². The lowest BCUT2D eigenvalue weighted by Crippen LogP contribution is -2.34. The average molecular weight is 293 g/mol. The van der Waals surface area contributed by atoms with Crippen LogP contribution in [0.4, 0.5) is 10.1 Å². The van der Waals surface area contributed by atoms with E-state index in [0.717, 1.165) is 31.6 Å². The molecule has 116 valence electrons. The van der Waals surface area contributed by atoms with Gasteiger partial charge in [-0.1, -0.05) is 19.1 Å². The van der Waals surface area contributed by atoms with Crippen LogP contribution in [0.25, 0.3) is 0 Å². The molecule has 1 aliphatic rings. The molecule has 1 saturated heterocycles. The number of carbonyl (C=O) groups is 1. The van der Waals surface area contributed by atoms with Gasteiger partial charge in [0.15, 0.2) is 0 Å². The van der Waals surface area contributed by atoms with Crippen molar-refractivity contribution in [1.29, 1.82) is 0 Å². The SMILES string of the molecule is CCNCc1cccc(F)c1N1CCCN(C(C)=O)CC1. The first-order valence-electron chi connectivity index (χ1n) is 7.62. The maximum absolute atomic E-state index is 14.3. The second-order valence-electron chi connectivity index (χ2n) is 5.37. The first-order chi connectivity index (χ1) is 10.1. The molecule has 1 fully saturated rings. The standard InChI is InChI=1S/C16H24FN3O/c1-3-18-12-14-6-4-7-15(17)16(14)20-9-5-8-19(10-11-20)13(2)21/h4,6-7,18H,3,5,8-12H2,1-2H3. The molecule has 1 heterocycles. The van der Waals surface area contributed by atoms with E-state index in [4.69, 9.17) is 0 Å². The molecule has 1 aromatic rings. The van der Waals surface area contributed by atoms with Crippen molar-refractivity contribution in [2.75, 3.05) is 37.6 Å². The van der Waals surface area contributed by atoms with Crippen LogP contribution in [0.15, 0.2) is 18.2 Å². The summed E-state index contributed by atoms with van der Waals surface area (Å²) in [5, 5.41) is 3.26. The van der Waals surface area contributed by atoms with Crippen LogP contribution in [0.1, 0.15) is 25.8 Å². The minimum absolute atomic E-state index is 0.0956. The third-order valence-corrected chi connectivity index (χ3v) is 3.89. The zero-order valence-corrected chi connectivity index (χ0v) is 12.9. The van der Waals surface area contributed by atoms with Gasteiger partial charge >= 0.3 is 0 Å². The van der Waals surface area contributed by atoms with Gasteiger partial charge in [0.25, 0.3) is 0 Å². The van der Waals surface area contributed by atoms with Gasteiger partial charge in [-0.2, -0.15) is 0 Å². The Kier molecular flexibility index (Phi) is 5.56. The van der Waals surface area contributed by atoms with Crippen molar-refractivity contribution in [1.82, 2.24) is 10.2 Å². The predicted octanol–water partition coefficient (Wildman–Crippen LogP) is 1.99. The third-order valence-electron chi connectivity index (χ3n) is 3.89. The van der Waals surface area contributed by atoms with Gasteiger partial charge in [-0.05, 0) is 24.6 Å². The van der Waals surface area contributed by atoms with Crippen molar-refractivity contribution < 1.29 is 9.18 Å². The van der Waals surface area contributed by atoms with Gasteiger partial charge in [0.1, 0.15) is 5.82 Å². The molecule has 0 aromatic heterocycles. The molecule has 5 heteroatoms. The van der Waals surface area contributed by atoms with E-state index in [1.807, 2.05) is 17.9 Å². The lowest BCUT2D eigenvalue weighted by atomic mass is 10.1. The molecule has 1 amide bonds. The molecule has 0 atom stereocenters. The van der Waals surface area contributed by atoms with Crippen LogP contribution in [-0.4, -0.2) is 43.5 Å². The fourth-order valence-corrected chi connectivity index (χ4v) is 2.77. The van der Waals surface area contributed by atoms with Gasteiger partial charge in [-0.3, -0.25) is 4.79 Å². The van der Waals surface area contributed by atoms with Crippen LogP contribution in [0.2, 0.25) is 0 Å². The van der Waals surface area contributed by atoms with Crippen molar-refractivity contribution in [3.8, 4) is 0 Å². The summed E-state index contributed by atoms with van der Waals surface area (Å²) >= 11 is 0.